The summed E-state index contributed by atoms with van der Waals surface area (Å²) in [7, 11) is 0. The molecule has 0 radical (unpaired) electrons. The molecule has 1 aromatic carbocycles. The van der Waals surface area contributed by atoms with Gasteiger partial charge in [-0.05, 0) is 30.5 Å². The molecule has 1 saturated carbocycles. The first-order valence-electron chi connectivity index (χ1n) is 6.72. The summed E-state index contributed by atoms with van der Waals surface area (Å²) in [4.78, 5) is 0. The van der Waals surface area contributed by atoms with Crippen LogP contribution in [0, 0.1) is 23.1 Å². The molecule has 0 amide bonds. The molecule has 1 aliphatic carbocycles. The van der Waals surface area contributed by atoms with Crippen molar-refractivity contribution >= 4 is 5.69 Å². The van der Waals surface area contributed by atoms with E-state index in [9.17, 15) is 4.39 Å². The van der Waals surface area contributed by atoms with Gasteiger partial charge in [0.15, 0.2) is 0 Å². The summed E-state index contributed by atoms with van der Waals surface area (Å²) in [5, 5.41) is 12.0. The molecule has 0 spiro atoms. The van der Waals surface area contributed by atoms with Crippen molar-refractivity contribution in [2.45, 2.75) is 38.5 Å². The number of rotatable bonds is 4. The van der Waals surface area contributed by atoms with Gasteiger partial charge in [0.2, 0.25) is 0 Å². The fraction of sp³-hybridized carbons (Fsp3) is 0.533. The van der Waals surface area contributed by atoms with E-state index in [4.69, 9.17) is 5.26 Å². The molecular formula is C15H19FN2. The number of hydrogen-bond acceptors (Lipinski definition) is 2. The second-order valence-electron chi connectivity index (χ2n) is 5.06. The predicted octanol–water partition coefficient (Wildman–Crippen LogP) is 4.08. The topological polar surface area (TPSA) is 35.8 Å². The number of nitriles is 1. The normalized spacial score (nSPS) is 16.2. The monoisotopic (exact) mass is 246 g/mol. The Labute approximate surface area is 108 Å². The second kappa shape index (κ2) is 6.39. The van der Waals surface area contributed by atoms with Gasteiger partial charge in [0.05, 0.1) is 11.6 Å². The SMILES string of the molecule is N#Cc1cc(F)cc(NCCC2CCCCC2)c1. The number of nitrogens with one attached hydrogen (secondary N) is 1. The molecule has 0 heterocycles. The van der Waals surface area contributed by atoms with E-state index in [0.29, 0.717) is 11.3 Å². The summed E-state index contributed by atoms with van der Waals surface area (Å²) in [6, 6.07) is 6.37. The lowest BCUT2D eigenvalue weighted by Gasteiger charge is -2.21. The van der Waals surface area contributed by atoms with Crippen LogP contribution in [0.3, 0.4) is 0 Å². The standard InChI is InChI=1S/C15H19FN2/c16-14-8-13(11-17)9-15(10-14)18-7-6-12-4-2-1-3-5-12/h8-10,12,18H,1-7H2. The molecule has 3 heteroatoms. The lowest BCUT2D eigenvalue weighted by atomic mass is 9.87. The van der Waals surface area contributed by atoms with E-state index in [2.05, 4.69) is 5.32 Å². The van der Waals surface area contributed by atoms with Crippen LogP contribution in [-0.4, -0.2) is 6.54 Å². The summed E-state index contributed by atoms with van der Waals surface area (Å²) in [6.07, 6.45) is 7.87. The fourth-order valence-electron chi connectivity index (χ4n) is 2.65. The largest absolute Gasteiger partial charge is 0.385 e. The number of nitrogens with zero attached hydrogens (tertiary/aromatic N) is 1. The summed E-state index contributed by atoms with van der Waals surface area (Å²) >= 11 is 0. The molecule has 0 aromatic heterocycles. The van der Waals surface area contributed by atoms with Crippen LogP contribution in [0.15, 0.2) is 18.2 Å². The molecule has 96 valence electrons. The van der Waals surface area contributed by atoms with Crippen molar-refractivity contribution in [3.63, 3.8) is 0 Å². The van der Waals surface area contributed by atoms with E-state index in [0.717, 1.165) is 18.9 Å². The third-order valence-corrected chi connectivity index (χ3v) is 3.63. The van der Waals surface area contributed by atoms with Gasteiger partial charge >= 0.3 is 0 Å². The number of hydrogen-bond donors (Lipinski definition) is 1. The smallest absolute Gasteiger partial charge is 0.126 e. The summed E-state index contributed by atoms with van der Waals surface area (Å²) in [5.74, 6) is 0.462. The number of benzene rings is 1. The molecule has 0 bridgehead atoms. The maximum atomic E-state index is 13.2. The highest BCUT2D eigenvalue weighted by Crippen LogP contribution is 2.26. The van der Waals surface area contributed by atoms with Crippen LogP contribution in [0.5, 0.6) is 0 Å². The van der Waals surface area contributed by atoms with E-state index in [-0.39, 0.29) is 5.82 Å². The molecule has 1 aromatic rings. The first-order valence-corrected chi connectivity index (χ1v) is 6.72. The third-order valence-electron chi connectivity index (χ3n) is 3.63. The van der Waals surface area contributed by atoms with E-state index in [1.54, 1.807) is 6.07 Å². The molecule has 0 saturated heterocycles. The molecule has 2 nitrogen and oxygen atoms in total. The van der Waals surface area contributed by atoms with Gasteiger partial charge < -0.3 is 5.32 Å². The zero-order valence-electron chi connectivity index (χ0n) is 10.6. The van der Waals surface area contributed by atoms with Crippen LogP contribution in [0.2, 0.25) is 0 Å². The first kappa shape index (κ1) is 12.9. The molecule has 2 rings (SSSR count). The van der Waals surface area contributed by atoms with Crippen molar-refractivity contribution in [1.82, 2.24) is 0 Å². The molecule has 18 heavy (non-hydrogen) atoms. The van der Waals surface area contributed by atoms with Crippen LogP contribution >= 0.6 is 0 Å². The molecule has 1 fully saturated rings. The van der Waals surface area contributed by atoms with E-state index >= 15 is 0 Å². The van der Waals surface area contributed by atoms with Crippen molar-refractivity contribution in [2.75, 3.05) is 11.9 Å². The average Bonchev–Trinajstić information content (AvgIpc) is 2.39. The molecule has 1 N–H and O–H groups in total. The quantitative estimate of drug-likeness (QED) is 0.868. The Morgan fingerprint density at radius 1 is 1.22 bits per heavy atom. The summed E-state index contributed by atoms with van der Waals surface area (Å²) in [6.45, 7) is 0.860. The van der Waals surface area contributed by atoms with Gasteiger partial charge in [-0.1, -0.05) is 32.1 Å². The van der Waals surface area contributed by atoms with Gasteiger partial charge in [-0.3, -0.25) is 0 Å². The van der Waals surface area contributed by atoms with Gasteiger partial charge in [0.25, 0.3) is 0 Å². The Kier molecular flexibility index (Phi) is 4.58. The molecule has 0 unspecified atom stereocenters. The number of anilines is 1. The van der Waals surface area contributed by atoms with Crippen LogP contribution in [0.25, 0.3) is 0 Å². The zero-order valence-corrected chi connectivity index (χ0v) is 10.6. The van der Waals surface area contributed by atoms with E-state index in [1.165, 1.54) is 44.2 Å². The van der Waals surface area contributed by atoms with Crippen LogP contribution in [0.4, 0.5) is 10.1 Å². The van der Waals surface area contributed by atoms with Crippen LogP contribution in [-0.2, 0) is 0 Å². The lowest BCUT2D eigenvalue weighted by molar-refractivity contribution is 0.345. The first-order chi connectivity index (χ1) is 8.78. The zero-order chi connectivity index (χ0) is 12.8. The Bertz CT molecular complexity index is 431. The van der Waals surface area contributed by atoms with Gasteiger partial charge in [-0.2, -0.15) is 5.26 Å². The van der Waals surface area contributed by atoms with Crippen molar-refractivity contribution < 1.29 is 4.39 Å². The predicted molar refractivity (Wildman–Crippen MR) is 70.8 cm³/mol. The van der Waals surface area contributed by atoms with Crippen LogP contribution in [0.1, 0.15) is 44.1 Å². The van der Waals surface area contributed by atoms with Gasteiger partial charge in [0, 0.05) is 12.2 Å². The highest BCUT2D eigenvalue weighted by Gasteiger charge is 2.12. The van der Waals surface area contributed by atoms with Crippen molar-refractivity contribution in [2.24, 2.45) is 5.92 Å². The van der Waals surface area contributed by atoms with Gasteiger partial charge in [-0.15, -0.1) is 0 Å². The molecule has 0 atom stereocenters. The van der Waals surface area contributed by atoms with Crippen molar-refractivity contribution in [3.05, 3.63) is 29.6 Å². The Morgan fingerprint density at radius 3 is 2.72 bits per heavy atom. The summed E-state index contributed by atoms with van der Waals surface area (Å²) < 4.78 is 13.2. The Balaban J connectivity index is 1.82. The minimum Gasteiger partial charge on any atom is -0.385 e. The van der Waals surface area contributed by atoms with Crippen molar-refractivity contribution in [1.29, 1.82) is 5.26 Å². The minimum absolute atomic E-state index is 0.353. The van der Waals surface area contributed by atoms with E-state index < -0.39 is 0 Å². The maximum Gasteiger partial charge on any atom is 0.126 e. The van der Waals surface area contributed by atoms with Gasteiger partial charge in [-0.25, -0.2) is 4.39 Å². The second-order valence-corrected chi connectivity index (χ2v) is 5.06. The number of halogens is 1. The minimum atomic E-state index is -0.353. The highest BCUT2D eigenvalue weighted by atomic mass is 19.1. The molecule has 0 aliphatic heterocycles. The van der Waals surface area contributed by atoms with E-state index in [1.807, 2.05) is 6.07 Å². The molecular weight excluding hydrogens is 227 g/mol. The summed E-state index contributed by atoms with van der Waals surface area (Å²) in [5.41, 5.74) is 1.08. The highest BCUT2D eigenvalue weighted by molar-refractivity contribution is 5.49. The average molecular weight is 246 g/mol. The third kappa shape index (κ3) is 3.73. The fourth-order valence-corrected chi connectivity index (χ4v) is 2.65. The van der Waals surface area contributed by atoms with Crippen molar-refractivity contribution in [3.8, 4) is 6.07 Å². The lowest BCUT2D eigenvalue weighted by Crippen LogP contribution is -2.12. The Morgan fingerprint density at radius 2 is 2.00 bits per heavy atom. The molecule has 1 aliphatic rings. The maximum absolute atomic E-state index is 13.2. The van der Waals surface area contributed by atoms with Gasteiger partial charge in [0.1, 0.15) is 5.82 Å². The Hall–Kier alpha value is -1.56. The van der Waals surface area contributed by atoms with Crippen LogP contribution < -0.4 is 5.32 Å².